The molecular formula is C13H14N2O2. The lowest BCUT2D eigenvalue weighted by molar-refractivity contribution is 0.0765. The van der Waals surface area contributed by atoms with Crippen LogP contribution >= 0.6 is 0 Å². The molecule has 1 aliphatic heterocycles. The first-order valence-corrected chi connectivity index (χ1v) is 5.78. The molecule has 3 rings (SSSR count). The van der Waals surface area contributed by atoms with Gasteiger partial charge in [-0.1, -0.05) is 0 Å². The van der Waals surface area contributed by atoms with Crippen molar-refractivity contribution >= 4 is 16.8 Å². The van der Waals surface area contributed by atoms with Crippen LogP contribution in [0.1, 0.15) is 16.8 Å². The van der Waals surface area contributed by atoms with Crippen molar-refractivity contribution in [3.05, 3.63) is 36.0 Å². The van der Waals surface area contributed by atoms with Crippen molar-refractivity contribution in [2.24, 2.45) is 0 Å². The van der Waals surface area contributed by atoms with Crippen LogP contribution in [0.15, 0.2) is 30.5 Å². The number of hydrogen-bond donors (Lipinski definition) is 2. The monoisotopic (exact) mass is 230 g/mol. The highest BCUT2D eigenvalue weighted by atomic mass is 16.3. The molecule has 1 aromatic carbocycles. The number of β-amino-alcohol motifs (C(OH)–C–C–N with tert-alkyl or cyclic N) is 1. The summed E-state index contributed by atoms with van der Waals surface area (Å²) in [6.45, 7) is 1.09. The number of hydrogen-bond acceptors (Lipinski definition) is 2. The second kappa shape index (κ2) is 3.89. The Morgan fingerprint density at radius 2 is 2.29 bits per heavy atom. The van der Waals surface area contributed by atoms with Crippen LogP contribution in [0.25, 0.3) is 10.9 Å². The lowest BCUT2D eigenvalue weighted by Crippen LogP contribution is -2.29. The topological polar surface area (TPSA) is 56.3 Å². The normalized spacial score (nSPS) is 20.1. The Balaban J connectivity index is 1.89. The molecule has 1 atom stereocenters. The number of fused-ring (bicyclic) bond motifs is 1. The van der Waals surface area contributed by atoms with Crippen molar-refractivity contribution in [3.63, 3.8) is 0 Å². The maximum atomic E-state index is 12.2. The Bertz CT molecular complexity index is 561. The fourth-order valence-electron chi connectivity index (χ4n) is 2.30. The second-order valence-corrected chi connectivity index (χ2v) is 4.47. The van der Waals surface area contributed by atoms with Gasteiger partial charge in [0.1, 0.15) is 0 Å². The lowest BCUT2D eigenvalue weighted by atomic mass is 10.1. The van der Waals surface area contributed by atoms with E-state index in [1.54, 1.807) is 4.90 Å². The molecule has 0 radical (unpaired) electrons. The van der Waals surface area contributed by atoms with E-state index >= 15 is 0 Å². The Hall–Kier alpha value is -1.81. The highest BCUT2D eigenvalue weighted by Crippen LogP contribution is 2.18. The Morgan fingerprint density at radius 3 is 3.06 bits per heavy atom. The number of amides is 1. The van der Waals surface area contributed by atoms with Gasteiger partial charge < -0.3 is 15.0 Å². The third-order valence-corrected chi connectivity index (χ3v) is 3.25. The van der Waals surface area contributed by atoms with Crippen LogP contribution in [0.2, 0.25) is 0 Å². The van der Waals surface area contributed by atoms with Crippen molar-refractivity contribution in [1.29, 1.82) is 0 Å². The molecule has 1 saturated heterocycles. The van der Waals surface area contributed by atoms with Crippen LogP contribution in [-0.4, -0.2) is 40.1 Å². The van der Waals surface area contributed by atoms with Gasteiger partial charge in [0.05, 0.1) is 6.10 Å². The van der Waals surface area contributed by atoms with Gasteiger partial charge in [-0.3, -0.25) is 4.79 Å². The molecule has 4 heteroatoms. The van der Waals surface area contributed by atoms with E-state index < -0.39 is 0 Å². The van der Waals surface area contributed by atoms with E-state index in [2.05, 4.69) is 4.98 Å². The molecule has 1 aromatic heterocycles. The fraction of sp³-hybridized carbons (Fsp3) is 0.308. The summed E-state index contributed by atoms with van der Waals surface area (Å²) >= 11 is 0. The van der Waals surface area contributed by atoms with Gasteiger partial charge in [0.15, 0.2) is 0 Å². The van der Waals surface area contributed by atoms with E-state index in [1.807, 2.05) is 30.5 Å². The number of nitrogens with one attached hydrogen (secondary N) is 1. The molecule has 0 aliphatic carbocycles. The number of nitrogens with zero attached hydrogens (tertiary/aromatic N) is 1. The summed E-state index contributed by atoms with van der Waals surface area (Å²) in [4.78, 5) is 17.0. The van der Waals surface area contributed by atoms with Crippen LogP contribution < -0.4 is 0 Å². The van der Waals surface area contributed by atoms with E-state index in [0.717, 1.165) is 10.9 Å². The zero-order valence-corrected chi connectivity index (χ0v) is 9.39. The standard InChI is InChI=1S/C13H14N2O2/c16-11-4-6-15(8-11)13(17)10-1-2-12-9(7-10)3-5-14-12/h1-3,5,7,11,14,16H,4,6,8H2/t11-/m0/s1. The molecule has 1 amide bonds. The minimum Gasteiger partial charge on any atom is -0.391 e. The smallest absolute Gasteiger partial charge is 0.253 e. The van der Waals surface area contributed by atoms with E-state index in [1.165, 1.54) is 0 Å². The molecule has 2 aromatic rings. The Morgan fingerprint density at radius 1 is 1.41 bits per heavy atom. The number of carbonyl (C=O) groups is 1. The fourth-order valence-corrected chi connectivity index (χ4v) is 2.30. The first kappa shape index (κ1) is 10.4. The number of rotatable bonds is 1. The van der Waals surface area contributed by atoms with Gasteiger partial charge in [-0.05, 0) is 30.7 Å². The average molecular weight is 230 g/mol. The van der Waals surface area contributed by atoms with Gasteiger partial charge in [-0.2, -0.15) is 0 Å². The molecule has 0 bridgehead atoms. The number of H-pyrrole nitrogens is 1. The molecule has 88 valence electrons. The lowest BCUT2D eigenvalue weighted by Gasteiger charge is -2.15. The summed E-state index contributed by atoms with van der Waals surface area (Å²) in [6.07, 6.45) is 2.17. The zero-order chi connectivity index (χ0) is 11.8. The second-order valence-electron chi connectivity index (χ2n) is 4.47. The van der Waals surface area contributed by atoms with E-state index in [4.69, 9.17) is 0 Å². The van der Waals surface area contributed by atoms with Crippen LogP contribution in [0, 0.1) is 0 Å². The molecule has 0 spiro atoms. The van der Waals surface area contributed by atoms with Gasteiger partial charge in [0, 0.05) is 35.8 Å². The molecule has 1 fully saturated rings. The number of aromatic nitrogens is 1. The molecule has 0 unspecified atom stereocenters. The van der Waals surface area contributed by atoms with Crippen molar-refractivity contribution in [2.45, 2.75) is 12.5 Å². The van der Waals surface area contributed by atoms with E-state index in [-0.39, 0.29) is 12.0 Å². The zero-order valence-electron chi connectivity index (χ0n) is 9.39. The average Bonchev–Trinajstić information content (AvgIpc) is 2.95. The minimum absolute atomic E-state index is 0.00431. The quantitative estimate of drug-likeness (QED) is 0.777. The largest absolute Gasteiger partial charge is 0.391 e. The highest BCUT2D eigenvalue weighted by molar-refractivity contribution is 5.98. The summed E-state index contributed by atoms with van der Waals surface area (Å²) in [5, 5.41) is 10.5. The predicted octanol–water partition coefficient (Wildman–Crippen LogP) is 1.37. The summed E-state index contributed by atoms with van der Waals surface area (Å²) in [5.74, 6) is 0.00431. The molecule has 0 saturated carbocycles. The number of aliphatic hydroxyl groups excluding tert-OH is 1. The Kier molecular flexibility index (Phi) is 2.37. The molecule has 1 aliphatic rings. The van der Waals surface area contributed by atoms with Gasteiger partial charge >= 0.3 is 0 Å². The summed E-state index contributed by atoms with van der Waals surface area (Å²) in [7, 11) is 0. The number of benzene rings is 1. The maximum Gasteiger partial charge on any atom is 0.253 e. The third kappa shape index (κ3) is 1.80. The van der Waals surface area contributed by atoms with Gasteiger partial charge in [-0.25, -0.2) is 0 Å². The summed E-state index contributed by atoms with van der Waals surface area (Å²) in [6, 6.07) is 7.57. The van der Waals surface area contributed by atoms with Crippen molar-refractivity contribution < 1.29 is 9.90 Å². The SMILES string of the molecule is O=C(c1ccc2[nH]ccc2c1)N1CC[C@H](O)C1. The predicted molar refractivity (Wildman–Crippen MR) is 64.8 cm³/mol. The molecule has 2 N–H and O–H groups in total. The molecule has 2 heterocycles. The number of carbonyl (C=O) groups excluding carboxylic acids is 1. The highest BCUT2D eigenvalue weighted by Gasteiger charge is 2.25. The van der Waals surface area contributed by atoms with E-state index in [9.17, 15) is 9.90 Å². The molecular weight excluding hydrogens is 216 g/mol. The summed E-state index contributed by atoms with van der Waals surface area (Å²) in [5.41, 5.74) is 1.72. The van der Waals surface area contributed by atoms with Crippen LogP contribution in [0.4, 0.5) is 0 Å². The van der Waals surface area contributed by atoms with Gasteiger partial charge in [0.25, 0.3) is 5.91 Å². The number of aromatic amines is 1. The Labute approximate surface area is 98.9 Å². The van der Waals surface area contributed by atoms with Crippen LogP contribution in [-0.2, 0) is 0 Å². The van der Waals surface area contributed by atoms with Crippen molar-refractivity contribution in [1.82, 2.24) is 9.88 Å². The minimum atomic E-state index is -0.366. The first-order chi connectivity index (χ1) is 8.24. The molecule has 4 nitrogen and oxygen atoms in total. The van der Waals surface area contributed by atoms with E-state index in [0.29, 0.717) is 25.1 Å². The third-order valence-electron chi connectivity index (χ3n) is 3.25. The van der Waals surface area contributed by atoms with Crippen LogP contribution in [0.3, 0.4) is 0 Å². The number of likely N-dealkylation sites (tertiary alicyclic amines) is 1. The van der Waals surface area contributed by atoms with Crippen molar-refractivity contribution in [2.75, 3.05) is 13.1 Å². The maximum absolute atomic E-state index is 12.2. The number of aliphatic hydroxyl groups is 1. The van der Waals surface area contributed by atoms with Crippen LogP contribution in [0.5, 0.6) is 0 Å². The van der Waals surface area contributed by atoms with Gasteiger partial charge in [-0.15, -0.1) is 0 Å². The molecule has 17 heavy (non-hydrogen) atoms. The first-order valence-electron chi connectivity index (χ1n) is 5.78. The van der Waals surface area contributed by atoms with Gasteiger partial charge in [0.2, 0.25) is 0 Å². The van der Waals surface area contributed by atoms with Crippen molar-refractivity contribution in [3.8, 4) is 0 Å². The summed E-state index contributed by atoms with van der Waals surface area (Å²) < 4.78 is 0.